The van der Waals surface area contributed by atoms with E-state index in [1.54, 1.807) is 23.1 Å². The first kappa shape index (κ1) is 21.1. The number of carbonyl (C=O) groups is 1. The van der Waals surface area contributed by atoms with Crippen LogP contribution in [0.4, 0.5) is 0 Å². The van der Waals surface area contributed by atoms with Gasteiger partial charge in [0, 0.05) is 17.5 Å². The van der Waals surface area contributed by atoms with Gasteiger partial charge in [0.1, 0.15) is 10.7 Å². The van der Waals surface area contributed by atoms with Gasteiger partial charge in [-0.25, -0.2) is 4.98 Å². The second kappa shape index (κ2) is 8.94. The Labute approximate surface area is 184 Å². The van der Waals surface area contributed by atoms with Crippen LogP contribution in [0.1, 0.15) is 41.6 Å². The number of hydrogen-bond donors (Lipinski definition) is 1. The van der Waals surface area contributed by atoms with Crippen LogP contribution in [0.5, 0.6) is 0 Å². The van der Waals surface area contributed by atoms with E-state index in [1.165, 1.54) is 5.56 Å². The number of fused-ring (bicyclic) bond motifs is 1. The number of aryl methyl sites for hydroxylation is 2. The van der Waals surface area contributed by atoms with Crippen LogP contribution < -0.4 is 5.56 Å². The summed E-state index contributed by atoms with van der Waals surface area (Å²) in [4.78, 5) is 37.1. The molecule has 0 bridgehead atoms. The summed E-state index contributed by atoms with van der Waals surface area (Å²) in [5, 5.41) is 0.519. The van der Waals surface area contributed by atoms with Crippen LogP contribution >= 0.6 is 23.1 Å². The van der Waals surface area contributed by atoms with Gasteiger partial charge >= 0.3 is 0 Å². The largest absolute Gasteiger partial charge is 0.338 e. The van der Waals surface area contributed by atoms with Crippen LogP contribution in [0.15, 0.2) is 35.1 Å². The standard InChI is InChI=1S/C23H27N3O2S2/c1-14-15(2)30-22-20(14)21(27)24-19(25-22)13-29-16(3)23(28)26-11-7-10-18(26)12-17-8-5-4-6-9-17/h4-6,8-9,16,18H,7,10-13H2,1-3H3,(H,24,25,27). The van der Waals surface area contributed by atoms with Crippen LogP contribution in [-0.2, 0) is 17.0 Å². The molecule has 1 N–H and O–H groups in total. The van der Waals surface area contributed by atoms with Gasteiger partial charge in [0.25, 0.3) is 5.56 Å². The van der Waals surface area contributed by atoms with Crippen molar-refractivity contribution >= 4 is 39.2 Å². The van der Waals surface area contributed by atoms with Gasteiger partial charge < -0.3 is 9.88 Å². The lowest BCUT2D eigenvalue weighted by molar-refractivity contribution is -0.131. The number of aromatic nitrogens is 2. The molecule has 5 nitrogen and oxygen atoms in total. The zero-order valence-electron chi connectivity index (χ0n) is 17.6. The quantitative estimate of drug-likeness (QED) is 0.613. The minimum absolute atomic E-state index is 0.0844. The minimum Gasteiger partial charge on any atom is -0.338 e. The lowest BCUT2D eigenvalue weighted by Crippen LogP contribution is -2.41. The van der Waals surface area contributed by atoms with Crippen molar-refractivity contribution < 1.29 is 4.79 Å². The maximum absolute atomic E-state index is 13.1. The van der Waals surface area contributed by atoms with Gasteiger partial charge in [0.15, 0.2) is 0 Å². The number of aromatic amines is 1. The summed E-state index contributed by atoms with van der Waals surface area (Å²) in [5.74, 6) is 1.34. The maximum atomic E-state index is 13.1. The monoisotopic (exact) mass is 441 g/mol. The Morgan fingerprint density at radius 3 is 2.87 bits per heavy atom. The van der Waals surface area contributed by atoms with Crippen LogP contribution in [0.3, 0.4) is 0 Å². The number of carbonyl (C=O) groups excluding carboxylic acids is 1. The first-order chi connectivity index (χ1) is 14.4. The van der Waals surface area contributed by atoms with Crippen molar-refractivity contribution in [2.45, 2.75) is 57.1 Å². The highest BCUT2D eigenvalue weighted by Gasteiger charge is 2.31. The molecular weight excluding hydrogens is 414 g/mol. The zero-order valence-corrected chi connectivity index (χ0v) is 19.2. The first-order valence-corrected chi connectivity index (χ1v) is 12.3. The molecule has 0 spiro atoms. The van der Waals surface area contributed by atoms with Crippen molar-refractivity contribution in [2.24, 2.45) is 0 Å². The van der Waals surface area contributed by atoms with Crippen molar-refractivity contribution in [3.05, 3.63) is 62.5 Å². The Hall–Kier alpha value is -2.12. The molecule has 30 heavy (non-hydrogen) atoms. The van der Waals surface area contributed by atoms with E-state index in [0.717, 1.165) is 41.1 Å². The lowest BCUT2D eigenvalue weighted by atomic mass is 10.0. The van der Waals surface area contributed by atoms with Gasteiger partial charge in [-0.15, -0.1) is 23.1 Å². The average molecular weight is 442 g/mol. The summed E-state index contributed by atoms with van der Waals surface area (Å²) in [6, 6.07) is 10.7. The van der Waals surface area contributed by atoms with E-state index in [2.05, 4.69) is 39.1 Å². The molecule has 1 amide bonds. The Morgan fingerprint density at radius 1 is 1.33 bits per heavy atom. The Balaban J connectivity index is 1.41. The summed E-state index contributed by atoms with van der Waals surface area (Å²) in [6.07, 6.45) is 3.02. The van der Waals surface area contributed by atoms with Crippen molar-refractivity contribution in [3.8, 4) is 0 Å². The van der Waals surface area contributed by atoms with Crippen molar-refractivity contribution in [1.29, 1.82) is 0 Å². The first-order valence-electron chi connectivity index (χ1n) is 10.4. The SMILES string of the molecule is Cc1sc2nc(CSC(C)C(=O)N3CCCC3Cc3ccccc3)[nH]c(=O)c2c1C. The van der Waals surface area contributed by atoms with E-state index in [9.17, 15) is 9.59 Å². The van der Waals surface area contributed by atoms with Crippen LogP contribution in [0, 0.1) is 13.8 Å². The third-order valence-electron chi connectivity index (χ3n) is 5.88. The molecule has 1 aromatic carbocycles. The molecule has 0 radical (unpaired) electrons. The smallest absolute Gasteiger partial charge is 0.259 e. The molecule has 1 fully saturated rings. The number of H-pyrrole nitrogens is 1. The number of amides is 1. The number of thioether (sulfide) groups is 1. The summed E-state index contributed by atoms with van der Waals surface area (Å²) < 4.78 is 0. The second-order valence-electron chi connectivity index (χ2n) is 7.95. The van der Waals surface area contributed by atoms with E-state index in [4.69, 9.17) is 0 Å². The molecule has 2 aromatic heterocycles. The molecule has 158 valence electrons. The Morgan fingerprint density at radius 2 is 2.10 bits per heavy atom. The van der Waals surface area contributed by atoms with E-state index < -0.39 is 0 Å². The van der Waals surface area contributed by atoms with E-state index in [-0.39, 0.29) is 22.8 Å². The van der Waals surface area contributed by atoms with E-state index in [0.29, 0.717) is 17.0 Å². The third kappa shape index (κ3) is 4.32. The van der Waals surface area contributed by atoms with Gasteiger partial charge in [0.2, 0.25) is 5.91 Å². The van der Waals surface area contributed by atoms with Crippen molar-refractivity contribution in [1.82, 2.24) is 14.9 Å². The number of hydrogen-bond acceptors (Lipinski definition) is 5. The highest BCUT2D eigenvalue weighted by atomic mass is 32.2. The van der Waals surface area contributed by atoms with Crippen LogP contribution in [-0.4, -0.2) is 38.6 Å². The molecular formula is C23H27N3O2S2. The number of nitrogens with one attached hydrogen (secondary N) is 1. The molecule has 4 rings (SSSR count). The summed E-state index contributed by atoms with van der Waals surface area (Å²) in [5.41, 5.74) is 2.20. The molecule has 1 saturated heterocycles. The summed E-state index contributed by atoms with van der Waals surface area (Å²) >= 11 is 3.10. The summed E-state index contributed by atoms with van der Waals surface area (Å²) in [6.45, 7) is 6.76. The zero-order chi connectivity index (χ0) is 21.3. The molecule has 2 unspecified atom stereocenters. The normalized spacial score (nSPS) is 17.6. The number of benzene rings is 1. The van der Waals surface area contributed by atoms with Gasteiger partial charge in [-0.2, -0.15) is 0 Å². The molecule has 0 saturated carbocycles. The third-order valence-corrected chi connectivity index (χ3v) is 8.12. The fourth-order valence-corrected chi connectivity index (χ4v) is 5.97. The molecule has 7 heteroatoms. The number of nitrogens with zero attached hydrogens (tertiary/aromatic N) is 2. The van der Waals surface area contributed by atoms with Crippen LogP contribution in [0.2, 0.25) is 0 Å². The topological polar surface area (TPSA) is 66.1 Å². The average Bonchev–Trinajstić information content (AvgIpc) is 3.30. The number of thiophene rings is 1. The summed E-state index contributed by atoms with van der Waals surface area (Å²) in [7, 11) is 0. The lowest BCUT2D eigenvalue weighted by Gasteiger charge is -2.27. The van der Waals surface area contributed by atoms with Crippen LogP contribution in [0.25, 0.3) is 10.2 Å². The fourth-order valence-electron chi connectivity index (χ4n) is 4.10. The van der Waals surface area contributed by atoms with Gasteiger partial charge in [-0.1, -0.05) is 30.3 Å². The Bertz CT molecular complexity index is 1110. The predicted octanol–water partition coefficient (Wildman–Crippen LogP) is 4.46. The fraction of sp³-hybridized carbons (Fsp3) is 0.435. The molecule has 1 aliphatic heterocycles. The van der Waals surface area contributed by atoms with Gasteiger partial charge in [-0.3, -0.25) is 9.59 Å². The molecule has 3 aromatic rings. The highest BCUT2D eigenvalue weighted by molar-refractivity contribution is 7.99. The Kier molecular flexibility index (Phi) is 6.29. The van der Waals surface area contributed by atoms with Crippen molar-refractivity contribution in [2.75, 3.05) is 6.54 Å². The molecule has 2 atom stereocenters. The number of rotatable bonds is 6. The van der Waals surface area contributed by atoms with Crippen molar-refractivity contribution in [3.63, 3.8) is 0 Å². The molecule has 0 aliphatic carbocycles. The molecule has 1 aliphatic rings. The van der Waals surface area contributed by atoms with Gasteiger partial charge in [0.05, 0.1) is 16.4 Å². The molecule has 3 heterocycles. The van der Waals surface area contributed by atoms with Gasteiger partial charge in [-0.05, 0) is 51.2 Å². The minimum atomic E-state index is -0.172. The van der Waals surface area contributed by atoms with E-state index in [1.807, 2.05) is 26.8 Å². The predicted molar refractivity (Wildman–Crippen MR) is 125 cm³/mol. The second-order valence-corrected chi connectivity index (χ2v) is 10.5. The van der Waals surface area contributed by atoms with E-state index >= 15 is 0 Å². The maximum Gasteiger partial charge on any atom is 0.259 e. The highest BCUT2D eigenvalue weighted by Crippen LogP contribution is 2.28. The number of likely N-dealkylation sites (tertiary alicyclic amines) is 1.